The van der Waals surface area contributed by atoms with Gasteiger partial charge in [-0.15, -0.1) is 0 Å². The predicted molar refractivity (Wildman–Crippen MR) is 127 cm³/mol. The summed E-state index contributed by atoms with van der Waals surface area (Å²) < 4.78 is 5.28. The van der Waals surface area contributed by atoms with E-state index in [2.05, 4.69) is 28.8 Å². The third-order valence-corrected chi connectivity index (χ3v) is 5.99. The van der Waals surface area contributed by atoms with Gasteiger partial charge in [-0.25, -0.2) is 0 Å². The number of ether oxygens (including phenoxy) is 1. The molecule has 154 valence electrons. The highest BCUT2D eigenvalue weighted by atomic mass is 32.1. The molecule has 2 aliphatic heterocycles. The summed E-state index contributed by atoms with van der Waals surface area (Å²) in [6.07, 6.45) is 2.08. The Labute approximate surface area is 191 Å². The second kappa shape index (κ2) is 7.42. The third-order valence-electron chi connectivity index (χ3n) is 5.71. The first-order valence-electron chi connectivity index (χ1n) is 9.90. The van der Waals surface area contributed by atoms with Crippen molar-refractivity contribution in [2.45, 2.75) is 5.66 Å². The van der Waals surface area contributed by atoms with Crippen molar-refractivity contribution < 1.29 is 4.74 Å². The van der Waals surface area contributed by atoms with E-state index < -0.39 is 5.66 Å². The molecular formula is C25H17N5OS. The Morgan fingerprint density at radius 1 is 0.969 bits per heavy atom. The molecule has 5 rings (SSSR count). The normalized spacial score (nSPS) is 18.3. The van der Waals surface area contributed by atoms with Gasteiger partial charge in [0.1, 0.15) is 17.9 Å². The van der Waals surface area contributed by atoms with Crippen molar-refractivity contribution in [3.63, 3.8) is 0 Å². The van der Waals surface area contributed by atoms with Crippen LogP contribution in [0.1, 0.15) is 22.3 Å². The summed E-state index contributed by atoms with van der Waals surface area (Å²) in [5.74, 6) is 0.770. The number of fused-ring (bicyclic) bond motifs is 3. The lowest BCUT2D eigenvalue weighted by Crippen LogP contribution is -2.56. The van der Waals surface area contributed by atoms with Crippen molar-refractivity contribution in [1.82, 2.24) is 5.32 Å². The number of hydrogen-bond acceptors (Lipinski definition) is 5. The van der Waals surface area contributed by atoms with E-state index in [1.54, 1.807) is 19.2 Å². The van der Waals surface area contributed by atoms with Gasteiger partial charge in [-0.05, 0) is 60.3 Å². The second-order valence-corrected chi connectivity index (χ2v) is 7.83. The van der Waals surface area contributed by atoms with Crippen LogP contribution in [0, 0.1) is 22.7 Å². The minimum atomic E-state index is -0.817. The fourth-order valence-corrected chi connectivity index (χ4v) is 4.55. The van der Waals surface area contributed by atoms with Crippen LogP contribution in [0.4, 0.5) is 11.4 Å². The Kier molecular flexibility index (Phi) is 4.55. The van der Waals surface area contributed by atoms with Crippen LogP contribution in [-0.4, -0.2) is 12.2 Å². The molecule has 2 N–H and O–H groups in total. The van der Waals surface area contributed by atoms with Crippen LogP contribution < -0.4 is 20.3 Å². The van der Waals surface area contributed by atoms with Gasteiger partial charge in [-0.2, -0.15) is 10.5 Å². The van der Waals surface area contributed by atoms with Crippen LogP contribution in [0.15, 0.2) is 72.8 Å². The van der Waals surface area contributed by atoms with E-state index in [0.717, 1.165) is 33.9 Å². The highest BCUT2D eigenvalue weighted by Gasteiger charge is 2.48. The van der Waals surface area contributed by atoms with E-state index in [-0.39, 0.29) is 0 Å². The molecule has 6 nitrogen and oxygen atoms in total. The van der Waals surface area contributed by atoms with Crippen molar-refractivity contribution in [2.24, 2.45) is 0 Å². The molecule has 0 bridgehead atoms. The van der Waals surface area contributed by atoms with Gasteiger partial charge in [0.2, 0.25) is 0 Å². The van der Waals surface area contributed by atoms with Crippen molar-refractivity contribution in [2.75, 3.05) is 17.3 Å². The van der Waals surface area contributed by atoms with Gasteiger partial charge in [0.15, 0.2) is 10.8 Å². The number of hydrogen-bond donors (Lipinski definition) is 2. The van der Waals surface area contributed by atoms with E-state index in [9.17, 15) is 10.5 Å². The summed E-state index contributed by atoms with van der Waals surface area (Å²) in [4.78, 5) is 1.96. The molecule has 0 amide bonds. The zero-order chi connectivity index (χ0) is 22.3. The molecule has 1 atom stereocenters. The molecule has 32 heavy (non-hydrogen) atoms. The van der Waals surface area contributed by atoms with E-state index in [1.165, 1.54) is 0 Å². The third kappa shape index (κ3) is 2.88. The van der Waals surface area contributed by atoms with Gasteiger partial charge < -0.3 is 15.4 Å². The number of methoxy groups -OCH3 is 1. The number of nitrogens with zero attached hydrogens (tertiary/aromatic N) is 3. The monoisotopic (exact) mass is 435 g/mol. The van der Waals surface area contributed by atoms with Crippen LogP contribution in [0.5, 0.6) is 5.75 Å². The van der Waals surface area contributed by atoms with Crippen molar-refractivity contribution in [1.29, 1.82) is 10.5 Å². The van der Waals surface area contributed by atoms with Gasteiger partial charge >= 0.3 is 0 Å². The number of nitriles is 2. The lowest BCUT2D eigenvalue weighted by Gasteiger charge is -2.42. The topological polar surface area (TPSA) is 84.1 Å². The second-order valence-electron chi connectivity index (χ2n) is 7.45. The lowest BCUT2D eigenvalue weighted by molar-refractivity contribution is 0.415. The standard InChI is InChI=1S/C25H17N5OS/c1-31-20-9-7-16(8-10-20)22-13-25(19-5-3-2-4-6-19)29-21-11-17(14-26)18(15-27)12-23(21)30(25)24(32)28-22/h2-13,29H,1H3,(H,28,32)/t25-/m0/s1. The summed E-state index contributed by atoms with van der Waals surface area (Å²) in [5, 5.41) is 26.5. The van der Waals surface area contributed by atoms with E-state index in [1.807, 2.05) is 59.5 Å². The molecule has 2 aliphatic rings. The SMILES string of the molecule is COc1ccc(C2=C[C@]3(c4ccccc4)Nc4cc(C#N)c(C#N)cc4N3C(=S)N2)cc1. The van der Waals surface area contributed by atoms with Gasteiger partial charge in [-0.3, -0.25) is 4.90 Å². The highest BCUT2D eigenvalue weighted by Crippen LogP contribution is 2.49. The molecule has 3 aromatic carbocycles. The van der Waals surface area contributed by atoms with Gasteiger partial charge in [0.05, 0.1) is 29.6 Å². The molecule has 0 fully saturated rings. The first-order chi connectivity index (χ1) is 15.6. The maximum Gasteiger partial charge on any atom is 0.180 e. The van der Waals surface area contributed by atoms with Crippen LogP contribution in [0.25, 0.3) is 5.70 Å². The Balaban J connectivity index is 1.73. The van der Waals surface area contributed by atoms with Crippen molar-refractivity contribution in [3.8, 4) is 17.9 Å². The summed E-state index contributed by atoms with van der Waals surface area (Å²) in [7, 11) is 1.63. The molecule has 0 saturated carbocycles. The van der Waals surface area contributed by atoms with E-state index >= 15 is 0 Å². The average Bonchev–Trinajstić information content (AvgIpc) is 3.18. The lowest BCUT2D eigenvalue weighted by atomic mass is 9.94. The predicted octanol–water partition coefficient (Wildman–Crippen LogP) is 4.45. The Hall–Kier alpha value is -4.33. The van der Waals surface area contributed by atoms with Crippen molar-refractivity contribution in [3.05, 3.63) is 95.1 Å². The molecule has 2 heterocycles. The minimum absolute atomic E-state index is 0.310. The van der Waals surface area contributed by atoms with Gasteiger partial charge in [0.25, 0.3) is 0 Å². The van der Waals surface area contributed by atoms with E-state index in [0.29, 0.717) is 16.2 Å². The maximum absolute atomic E-state index is 9.55. The first-order valence-corrected chi connectivity index (χ1v) is 10.3. The van der Waals surface area contributed by atoms with Crippen LogP contribution in [0.3, 0.4) is 0 Å². The Morgan fingerprint density at radius 3 is 2.31 bits per heavy atom. The number of nitrogens with one attached hydrogen (secondary N) is 2. The molecule has 0 spiro atoms. The number of rotatable bonds is 3. The first kappa shape index (κ1) is 19.6. The zero-order valence-electron chi connectivity index (χ0n) is 17.1. The fraction of sp³-hybridized carbons (Fsp3) is 0.0800. The molecule has 0 aliphatic carbocycles. The van der Waals surface area contributed by atoms with Crippen LogP contribution in [-0.2, 0) is 5.66 Å². The van der Waals surface area contributed by atoms with Gasteiger partial charge in [0, 0.05) is 11.3 Å². The van der Waals surface area contributed by atoms with E-state index in [4.69, 9.17) is 17.0 Å². The summed E-state index contributed by atoms with van der Waals surface area (Å²) in [6, 6.07) is 25.3. The molecule has 7 heteroatoms. The fourth-order valence-electron chi connectivity index (χ4n) is 4.20. The summed E-state index contributed by atoms with van der Waals surface area (Å²) in [6.45, 7) is 0. The summed E-state index contributed by atoms with van der Waals surface area (Å²) in [5.41, 5.74) is 4.07. The Morgan fingerprint density at radius 2 is 1.66 bits per heavy atom. The highest BCUT2D eigenvalue weighted by molar-refractivity contribution is 7.80. The van der Waals surface area contributed by atoms with Crippen LogP contribution >= 0.6 is 12.2 Å². The number of anilines is 2. The Bertz CT molecular complexity index is 1350. The van der Waals surface area contributed by atoms with Gasteiger partial charge in [-0.1, -0.05) is 30.3 Å². The molecule has 0 unspecified atom stereocenters. The summed E-state index contributed by atoms with van der Waals surface area (Å²) >= 11 is 5.82. The zero-order valence-corrected chi connectivity index (χ0v) is 17.9. The quantitative estimate of drug-likeness (QED) is 0.588. The average molecular weight is 436 g/mol. The molecule has 3 aromatic rings. The largest absolute Gasteiger partial charge is 0.497 e. The number of thiocarbonyl (C=S) groups is 1. The molecule has 0 radical (unpaired) electrons. The number of benzene rings is 3. The molecular weight excluding hydrogens is 418 g/mol. The molecule has 0 aromatic heterocycles. The van der Waals surface area contributed by atoms with Crippen LogP contribution in [0.2, 0.25) is 0 Å². The van der Waals surface area contributed by atoms with Crippen molar-refractivity contribution >= 4 is 34.4 Å². The maximum atomic E-state index is 9.55. The minimum Gasteiger partial charge on any atom is -0.497 e. The smallest absolute Gasteiger partial charge is 0.180 e. The molecule has 0 saturated heterocycles.